The minimum absolute atomic E-state index is 0.0760. The Morgan fingerprint density at radius 2 is 1.75 bits per heavy atom. The van der Waals surface area contributed by atoms with Crippen LogP contribution >= 0.6 is 12.2 Å². The van der Waals surface area contributed by atoms with Gasteiger partial charge in [0.25, 0.3) is 5.91 Å². The molecular formula is C23H26N4O4S. The number of carbonyl (C=O) groups is 3. The van der Waals surface area contributed by atoms with Gasteiger partial charge in [-0.3, -0.25) is 19.3 Å². The van der Waals surface area contributed by atoms with E-state index in [9.17, 15) is 14.4 Å². The lowest BCUT2D eigenvalue weighted by atomic mass is 10.1. The molecule has 2 aromatic rings. The van der Waals surface area contributed by atoms with Gasteiger partial charge in [-0.05, 0) is 55.5 Å². The number of carbonyl (C=O) groups excluding carboxylic acids is 3. The highest BCUT2D eigenvalue weighted by Crippen LogP contribution is 2.27. The molecule has 1 saturated heterocycles. The molecule has 0 aromatic heterocycles. The Morgan fingerprint density at radius 3 is 2.34 bits per heavy atom. The van der Waals surface area contributed by atoms with Crippen molar-refractivity contribution in [1.82, 2.24) is 10.2 Å². The van der Waals surface area contributed by atoms with E-state index in [1.54, 1.807) is 36.3 Å². The van der Waals surface area contributed by atoms with Crippen molar-refractivity contribution in [3.8, 4) is 5.75 Å². The SMILES string of the molecule is COc1ccc(NC(=O)C[C@@H]2C(=O)N(c3ccc(C)cc3)C(=S)N2CCNC(C)=O)cc1. The van der Waals surface area contributed by atoms with Crippen LogP contribution in [0.25, 0.3) is 0 Å². The van der Waals surface area contributed by atoms with E-state index in [1.165, 1.54) is 11.8 Å². The lowest BCUT2D eigenvalue weighted by molar-refractivity contribution is -0.124. The molecule has 1 aliphatic heterocycles. The van der Waals surface area contributed by atoms with E-state index in [0.29, 0.717) is 35.3 Å². The summed E-state index contributed by atoms with van der Waals surface area (Å²) in [7, 11) is 1.57. The first-order valence-electron chi connectivity index (χ1n) is 10.2. The summed E-state index contributed by atoms with van der Waals surface area (Å²) in [4.78, 5) is 40.5. The minimum Gasteiger partial charge on any atom is -0.497 e. The summed E-state index contributed by atoms with van der Waals surface area (Å²) in [6.07, 6.45) is -0.0760. The minimum atomic E-state index is -0.768. The van der Waals surface area contributed by atoms with Crippen LogP contribution in [0.2, 0.25) is 0 Å². The van der Waals surface area contributed by atoms with Crippen LogP contribution in [0.1, 0.15) is 18.9 Å². The lowest BCUT2D eigenvalue weighted by Gasteiger charge is -2.24. The predicted molar refractivity (Wildman–Crippen MR) is 127 cm³/mol. The first-order chi connectivity index (χ1) is 15.3. The number of nitrogens with one attached hydrogen (secondary N) is 2. The smallest absolute Gasteiger partial charge is 0.256 e. The van der Waals surface area contributed by atoms with Crippen molar-refractivity contribution in [1.29, 1.82) is 0 Å². The monoisotopic (exact) mass is 454 g/mol. The Hall–Kier alpha value is -3.46. The zero-order chi connectivity index (χ0) is 23.3. The first kappa shape index (κ1) is 23.2. The van der Waals surface area contributed by atoms with E-state index >= 15 is 0 Å². The highest BCUT2D eigenvalue weighted by atomic mass is 32.1. The standard InChI is InChI=1S/C23H26N4O4S/c1-15-4-8-18(9-5-15)27-22(30)20(26(23(27)32)13-12-24-16(2)28)14-21(29)25-17-6-10-19(31-3)11-7-17/h4-11,20H,12-14H2,1-3H3,(H,24,28)(H,25,29)/t20-/m1/s1. The molecule has 2 N–H and O–H groups in total. The maximum absolute atomic E-state index is 13.3. The van der Waals surface area contributed by atoms with Crippen LogP contribution in [0.15, 0.2) is 48.5 Å². The fourth-order valence-corrected chi connectivity index (χ4v) is 3.85. The van der Waals surface area contributed by atoms with Crippen LogP contribution in [0.3, 0.4) is 0 Å². The summed E-state index contributed by atoms with van der Waals surface area (Å²) < 4.78 is 5.12. The summed E-state index contributed by atoms with van der Waals surface area (Å²) in [5, 5.41) is 5.83. The number of amides is 3. The quantitative estimate of drug-likeness (QED) is 0.596. The average molecular weight is 455 g/mol. The molecule has 0 spiro atoms. The molecule has 9 heteroatoms. The number of nitrogens with zero attached hydrogens (tertiary/aromatic N) is 2. The van der Waals surface area contributed by atoms with E-state index < -0.39 is 6.04 Å². The first-order valence-corrected chi connectivity index (χ1v) is 10.6. The van der Waals surface area contributed by atoms with Crippen LogP contribution in [-0.2, 0) is 14.4 Å². The fourth-order valence-electron chi connectivity index (χ4n) is 3.43. The van der Waals surface area contributed by atoms with Crippen molar-refractivity contribution in [2.45, 2.75) is 26.3 Å². The number of hydrogen-bond donors (Lipinski definition) is 2. The van der Waals surface area contributed by atoms with Crippen molar-refractivity contribution in [2.75, 3.05) is 30.4 Å². The van der Waals surface area contributed by atoms with Gasteiger partial charge in [-0.15, -0.1) is 0 Å². The maximum Gasteiger partial charge on any atom is 0.256 e. The molecule has 1 atom stereocenters. The molecule has 8 nitrogen and oxygen atoms in total. The van der Waals surface area contributed by atoms with Crippen LogP contribution in [-0.4, -0.2) is 54.0 Å². The van der Waals surface area contributed by atoms with E-state index in [0.717, 1.165) is 5.56 Å². The Balaban J connectivity index is 1.77. The molecule has 1 fully saturated rings. The Labute approximate surface area is 192 Å². The molecule has 0 saturated carbocycles. The molecule has 3 amide bonds. The van der Waals surface area contributed by atoms with Crippen molar-refractivity contribution < 1.29 is 19.1 Å². The summed E-state index contributed by atoms with van der Waals surface area (Å²) in [6.45, 7) is 4.00. The summed E-state index contributed by atoms with van der Waals surface area (Å²) in [6, 6.07) is 13.6. The number of hydrogen-bond acceptors (Lipinski definition) is 5. The van der Waals surface area contributed by atoms with Gasteiger partial charge in [0.2, 0.25) is 11.8 Å². The van der Waals surface area contributed by atoms with Crippen LogP contribution in [0, 0.1) is 6.92 Å². The zero-order valence-electron chi connectivity index (χ0n) is 18.3. The summed E-state index contributed by atoms with van der Waals surface area (Å²) >= 11 is 5.59. The van der Waals surface area contributed by atoms with Gasteiger partial charge in [-0.1, -0.05) is 17.7 Å². The van der Waals surface area contributed by atoms with E-state index in [-0.39, 0.29) is 24.1 Å². The fraction of sp³-hybridized carbons (Fsp3) is 0.304. The molecule has 168 valence electrons. The zero-order valence-corrected chi connectivity index (χ0v) is 19.1. The predicted octanol–water partition coefficient (Wildman–Crippen LogP) is 2.47. The largest absolute Gasteiger partial charge is 0.497 e. The molecule has 1 aliphatic rings. The number of methoxy groups -OCH3 is 1. The topological polar surface area (TPSA) is 91.0 Å². The highest BCUT2D eigenvalue weighted by molar-refractivity contribution is 7.80. The van der Waals surface area contributed by atoms with Gasteiger partial charge in [0.15, 0.2) is 5.11 Å². The number of benzene rings is 2. The summed E-state index contributed by atoms with van der Waals surface area (Å²) in [5.41, 5.74) is 2.31. The van der Waals surface area contributed by atoms with Crippen LogP contribution in [0.5, 0.6) is 5.75 Å². The van der Waals surface area contributed by atoms with Crippen molar-refractivity contribution in [2.24, 2.45) is 0 Å². The summed E-state index contributed by atoms with van der Waals surface area (Å²) in [5.74, 6) is -0.0824. The van der Waals surface area contributed by atoms with Gasteiger partial charge in [-0.2, -0.15) is 0 Å². The molecule has 1 heterocycles. The molecule has 2 aromatic carbocycles. The second-order valence-corrected chi connectivity index (χ2v) is 7.83. The average Bonchev–Trinajstić information content (AvgIpc) is 2.98. The normalized spacial score (nSPS) is 15.7. The maximum atomic E-state index is 13.3. The van der Waals surface area contributed by atoms with Crippen molar-refractivity contribution in [3.63, 3.8) is 0 Å². The third kappa shape index (κ3) is 5.42. The second kappa shape index (κ2) is 10.2. The van der Waals surface area contributed by atoms with E-state index in [4.69, 9.17) is 17.0 Å². The van der Waals surface area contributed by atoms with E-state index in [1.807, 2.05) is 31.2 Å². The third-order valence-corrected chi connectivity index (χ3v) is 5.51. The molecular weight excluding hydrogens is 428 g/mol. The van der Waals surface area contributed by atoms with Gasteiger partial charge in [0.1, 0.15) is 11.8 Å². The second-order valence-electron chi connectivity index (χ2n) is 7.46. The van der Waals surface area contributed by atoms with Crippen LogP contribution < -0.4 is 20.3 Å². The molecule has 0 bridgehead atoms. The van der Waals surface area contributed by atoms with E-state index in [2.05, 4.69) is 10.6 Å². The molecule has 3 rings (SSSR count). The number of thiocarbonyl (C=S) groups is 1. The molecule has 0 radical (unpaired) electrons. The van der Waals surface area contributed by atoms with Gasteiger partial charge < -0.3 is 20.3 Å². The lowest BCUT2D eigenvalue weighted by Crippen LogP contribution is -2.42. The van der Waals surface area contributed by atoms with Crippen molar-refractivity contribution in [3.05, 3.63) is 54.1 Å². The third-order valence-electron chi connectivity index (χ3n) is 5.09. The Morgan fingerprint density at radius 1 is 1.09 bits per heavy atom. The van der Waals surface area contributed by atoms with Crippen LogP contribution in [0.4, 0.5) is 11.4 Å². The Kier molecular flexibility index (Phi) is 7.42. The Bertz CT molecular complexity index is 1010. The molecule has 0 unspecified atom stereocenters. The number of rotatable bonds is 8. The van der Waals surface area contributed by atoms with Gasteiger partial charge in [0, 0.05) is 25.7 Å². The number of ether oxygens (including phenoxy) is 1. The number of aryl methyl sites for hydroxylation is 1. The van der Waals surface area contributed by atoms with Gasteiger partial charge in [-0.25, -0.2) is 0 Å². The molecule has 32 heavy (non-hydrogen) atoms. The van der Waals surface area contributed by atoms with Gasteiger partial charge >= 0.3 is 0 Å². The molecule has 0 aliphatic carbocycles. The number of anilines is 2. The van der Waals surface area contributed by atoms with Crippen molar-refractivity contribution >= 4 is 46.4 Å². The highest BCUT2D eigenvalue weighted by Gasteiger charge is 2.43. The van der Waals surface area contributed by atoms with Gasteiger partial charge in [0.05, 0.1) is 19.2 Å².